The largest absolute Gasteiger partial charge is 0.295 e. The van der Waals surface area contributed by atoms with E-state index in [0.29, 0.717) is 5.75 Å². The Morgan fingerprint density at radius 1 is 1.20 bits per heavy atom. The van der Waals surface area contributed by atoms with Gasteiger partial charge < -0.3 is 0 Å². The minimum absolute atomic E-state index is 0.0647. The molecule has 0 saturated carbocycles. The van der Waals surface area contributed by atoms with Crippen LogP contribution in [-0.2, 0) is 4.79 Å². The molecule has 0 spiro atoms. The van der Waals surface area contributed by atoms with Gasteiger partial charge in [-0.2, -0.15) is 0 Å². The normalized spacial score (nSPS) is 18.6. The summed E-state index contributed by atoms with van der Waals surface area (Å²) in [6, 6.07) is 14.3. The third-order valence-corrected chi connectivity index (χ3v) is 4.49. The van der Waals surface area contributed by atoms with Gasteiger partial charge in [-0.05, 0) is 42.3 Å². The van der Waals surface area contributed by atoms with Crippen molar-refractivity contribution in [3.05, 3.63) is 65.5 Å². The number of amides is 1. The third kappa shape index (κ3) is 2.43. The van der Waals surface area contributed by atoms with Crippen LogP contribution in [0.2, 0.25) is 0 Å². The predicted octanol–water partition coefficient (Wildman–Crippen LogP) is 3.91. The van der Waals surface area contributed by atoms with Gasteiger partial charge in [0.05, 0.1) is 5.75 Å². The molecule has 0 aliphatic carbocycles. The first-order chi connectivity index (χ1) is 9.65. The van der Waals surface area contributed by atoms with Crippen molar-refractivity contribution >= 4 is 23.4 Å². The Bertz CT molecular complexity index is 658. The van der Waals surface area contributed by atoms with Gasteiger partial charge in [-0.25, -0.2) is 4.39 Å². The first-order valence-corrected chi connectivity index (χ1v) is 7.46. The summed E-state index contributed by atoms with van der Waals surface area (Å²) in [5, 5.41) is -0.153. The summed E-state index contributed by atoms with van der Waals surface area (Å²) in [4.78, 5) is 13.9. The fourth-order valence-corrected chi connectivity index (χ4v) is 3.55. The highest BCUT2D eigenvalue weighted by molar-refractivity contribution is 8.00. The number of halogens is 1. The summed E-state index contributed by atoms with van der Waals surface area (Å²) in [6.07, 6.45) is 0. The summed E-state index contributed by atoms with van der Waals surface area (Å²) in [7, 11) is 0. The molecule has 4 heteroatoms. The Hall–Kier alpha value is -1.81. The number of nitrogens with zero attached hydrogens (tertiary/aromatic N) is 1. The highest BCUT2D eigenvalue weighted by Gasteiger charge is 2.34. The van der Waals surface area contributed by atoms with Gasteiger partial charge in [-0.1, -0.05) is 24.3 Å². The molecule has 1 heterocycles. The molecule has 1 fully saturated rings. The number of hydrogen-bond donors (Lipinski definition) is 0. The van der Waals surface area contributed by atoms with E-state index in [1.54, 1.807) is 11.0 Å². The first-order valence-electron chi connectivity index (χ1n) is 6.41. The molecule has 0 aromatic heterocycles. The average Bonchev–Trinajstić information content (AvgIpc) is 2.80. The summed E-state index contributed by atoms with van der Waals surface area (Å²) in [5.41, 5.74) is 2.79. The molecule has 1 atom stereocenters. The van der Waals surface area contributed by atoms with Crippen molar-refractivity contribution in [1.29, 1.82) is 0 Å². The van der Waals surface area contributed by atoms with Gasteiger partial charge in [0, 0.05) is 5.69 Å². The summed E-state index contributed by atoms with van der Waals surface area (Å²) in [6.45, 7) is 1.99. The Morgan fingerprint density at radius 3 is 2.75 bits per heavy atom. The molecule has 3 rings (SSSR count). The molecule has 2 aromatic carbocycles. The summed E-state index contributed by atoms with van der Waals surface area (Å²) in [5.74, 6) is 0.219. The number of benzene rings is 2. The second kappa shape index (κ2) is 5.29. The lowest BCUT2D eigenvalue weighted by molar-refractivity contribution is -0.115. The minimum Gasteiger partial charge on any atom is -0.295 e. The number of carbonyl (C=O) groups excluding carboxylic acids is 1. The predicted molar refractivity (Wildman–Crippen MR) is 80.3 cm³/mol. The van der Waals surface area contributed by atoms with Crippen LogP contribution in [0.1, 0.15) is 16.5 Å². The lowest BCUT2D eigenvalue weighted by Crippen LogP contribution is -2.27. The van der Waals surface area contributed by atoms with E-state index in [1.807, 2.05) is 37.3 Å². The van der Waals surface area contributed by atoms with Crippen LogP contribution in [0.25, 0.3) is 0 Å². The highest BCUT2D eigenvalue weighted by atomic mass is 32.2. The van der Waals surface area contributed by atoms with Crippen LogP contribution >= 0.6 is 11.8 Å². The Kier molecular flexibility index (Phi) is 3.49. The zero-order chi connectivity index (χ0) is 14.1. The van der Waals surface area contributed by atoms with Crippen LogP contribution in [0.5, 0.6) is 0 Å². The van der Waals surface area contributed by atoms with E-state index in [2.05, 4.69) is 0 Å². The number of hydrogen-bond acceptors (Lipinski definition) is 2. The Labute approximate surface area is 121 Å². The van der Waals surface area contributed by atoms with Crippen LogP contribution < -0.4 is 4.90 Å². The van der Waals surface area contributed by atoms with Crippen molar-refractivity contribution in [3.8, 4) is 0 Å². The molecule has 2 aromatic rings. The lowest BCUT2D eigenvalue weighted by atomic mass is 10.1. The van der Waals surface area contributed by atoms with Gasteiger partial charge in [0.15, 0.2) is 0 Å². The van der Waals surface area contributed by atoms with E-state index in [-0.39, 0.29) is 17.1 Å². The van der Waals surface area contributed by atoms with E-state index >= 15 is 0 Å². The standard InChI is InChI=1S/C16H14FNOS/c1-11-4-2-7-14(8-11)18-15(19)10-20-16(18)12-5-3-6-13(17)9-12/h2-9,16H,10H2,1H3/t16-/m0/s1. The number of carbonyl (C=O) groups is 1. The van der Waals surface area contributed by atoms with Crippen LogP contribution in [0.3, 0.4) is 0 Å². The summed E-state index contributed by atoms with van der Waals surface area (Å²) < 4.78 is 13.4. The minimum atomic E-state index is -0.272. The van der Waals surface area contributed by atoms with Crippen LogP contribution in [0.15, 0.2) is 48.5 Å². The molecule has 2 nitrogen and oxygen atoms in total. The number of rotatable bonds is 2. The van der Waals surface area contributed by atoms with Gasteiger partial charge in [-0.3, -0.25) is 9.69 Å². The summed E-state index contributed by atoms with van der Waals surface area (Å²) >= 11 is 1.53. The second-order valence-corrected chi connectivity index (χ2v) is 5.89. The van der Waals surface area contributed by atoms with Crippen molar-refractivity contribution in [2.24, 2.45) is 0 Å². The van der Waals surface area contributed by atoms with Crippen molar-refractivity contribution in [3.63, 3.8) is 0 Å². The highest BCUT2D eigenvalue weighted by Crippen LogP contribution is 2.41. The van der Waals surface area contributed by atoms with E-state index in [9.17, 15) is 9.18 Å². The Balaban J connectivity index is 2.01. The molecule has 1 aliphatic heterocycles. The number of anilines is 1. The van der Waals surface area contributed by atoms with E-state index in [4.69, 9.17) is 0 Å². The molecular formula is C16H14FNOS. The number of thioether (sulfide) groups is 1. The van der Waals surface area contributed by atoms with Crippen LogP contribution in [0, 0.1) is 12.7 Å². The van der Waals surface area contributed by atoms with Gasteiger partial charge in [0.25, 0.3) is 0 Å². The smallest absolute Gasteiger partial charge is 0.238 e. The van der Waals surface area contributed by atoms with Gasteiger partial charge in [0.2, 0.25) is 5.91 Å². The average molecular weight is 287 g/mol. The maximum Gasteiger partial charge on any atom is 0.238 e. The zero-order valence-electron chi connectivity index (χ0n) is 11.0. The molecule has 0 N–H and O–H groups in total. The number of aryl methyl sites for hydroxylation is 1. The molecule has 1 amide bonds. The lowest BCUT2D eigenvalue weighted by Gasteiger charge is -2.24. The van der Waals surface area contributed by atoms with E-state index in [0.717, 1.165) is 16.8 Å². The molecule has 1 saturated heterocycles. The van der Waals surface area contributed by atoms with Crippen molar-refractivity contribution in [2.75, 3.05) is 10.7 Å². The molecule has 0 bridgehead atoms. The van der Waals surface area contributed by atoms with Gasteiger partial charge in [-0.15, -0.1) is 11.8 Å². The fourth-order valence-electron chi connectivity index (χ4n) is 2.39. The molecule has 102 valence electrons. The Morgan fingerprint density at radius 2 is 2.00 bits per heavy atom. The molecular weight excluding hydrogens is 273 g/mol. The zero-order valence-corrected chi connectivity index (χ0v) is 11.9. The maximum atomic E-state index is 13.4. The van der Waals surface area contributed by atoms with Crippen LogP contribution in [0.4, 0.5) is 10.1 Å². The quantitative estimate of drug-likeness (QED) is 0.834. The molecule has 0 radical (unpaired) electrons. The van der Waals surface area contributed by atoms with E-state index in [1.165, 1.54) is 23.9 Å². The molecule has 20 heavy (non-hydrogen) atoms. The van der Waals surface area contributed by atoms with Crippen molar-refractivity contribution < 1.29 is 9.18 Å². The molecule has 1 aliphatic rings. The van der Waals surface area contributed by atoms with Crippen LogP contribution in [-0.4, -0.2) is 11.7 Å². The topological polar surface area (TPSA) is 20.3 Å². The van der Waals surface area contributed by atoms with Crippen molar-refractivity contribution in [1.82, 2.24) is 0 Å². The third-order valence-electron chi connectivity index (χ3n) is 3.28. The fraction of sp³-hybridized carbons (Fsp3) is 0.188. The second-order valence-electron chi connectivity index (χ2n) is 4.82. The van der Waals surface area contributed by atoms with Gasteiger partial charge >= 0.3 is 0 Å². The van der Waals surface area contributed by atoms with E-state index < -0.39 is 0 Å². The SMILES string of the molecule is Cc1cccc(N2C(=O)CS[C@H]2c2cccc(F)c2)c1. The monoisotopic (exact) mass is 287 g/mol. The van der Waals surface area contributed by atoms with Crippen molar-refractivity contribution in [2.45, 2.75) is 12.3 Å². The first kappa shape index (κ1) is 13.2. The maximum absolute atomic E-state index is 13.4. The van der Waals surface area contributed by atoms with Gasteiger partial charge in [0.1, 0.15) is 11.2 Å². The molecule has 0 unspecified atom stereocenters.